The molecule has 4 N–H and O–H groups in total. The largest absolute Gasteiger partial charge is 0.337 e. The molecule has 5 nitrogen and oxygen atoms in total. The molecule has 0 fully saturated rings. The molecule has 94 valence electrons. The van der Waals surface area contributed by atoms with E-state index in [0.717, 1.165) is 16.7 Å². The number of hydrogen-bond acceptors (Lipinski definition) is 5. The molecule has 3 rings (SSSR count). The summed E-state index contributed by atoms with van der Waals surface area (Å²) in [6.07, 6.45) is 0. The highest BCUT2D eigenvalue weighted by molar-refractivity contribution is 5.81. The zero-order valence-electron chi connectivity index (χ0n) is 10.2. The predicted molar refractivity (Wildman–Crippen MR) is 77.1 cm³/mol. The quantitative estimate of drug-likeness (QED) is 0.493. The Kier molecular flexibility index (Phi) is 2.96. The lowest BCUT2D eigenvalue weighted by Gasteiger charge is -2.10. The third-order valence-corrected chi connectivity index (χ3v) is 2.74. The molecule has 0 aliphatic carbocycles. The molecule has 1 heterocycles. The van der Waals surface area contributed by atoms with E-state index in [1.165, 1.54) is 0 Å². The van der Waals surface area contributed by atoms with Crippen LogP contribution in [0.3, 0.4) is 0 Å². The first-order chi connectivity index (χ1) is 9.36. The van der Waals surface area contributed by atoms with E-state index in [4.69, 9.17) is 5.84 Å². The number of anilines is 3. The summed E-state index contributed by atoms with van der Waals surface area (Å²) >= 11 is 0. The van der Waals surface area contributed by atoms with Crippen LogP contribution in [0.5, 0.6) is 0 Å². The second kappa shape index (κ2) is 4.91. The maximum Gasteiger partial charge on any atom is 0.184 e. The van der Waals surface area contributed by atoms with Gasteiger partial charge in [0.1, 0.15) is 0 Å². The van der Waals surface area contributed by atoms with Gasteiger partial charge < -0.3 is 10.7 Å². The molecule has 19 heavy (non-hydrogen) atoms. The van der Waals surface area contributed by atoms with Gasteiger partial charge in [-0.05, 0) is 24.3 Å². The number of fused-ring (bicyclic) bond motifs is 1. The zero-order chi connectivity index (χ0) is 13.1. The molecular weight excluding hydrogens is 238 g/mol. The Bertz CT molecular complexity index is 697. The maximum atomic E-state index is 5.50. The Morgan fingerprint density at radius 2 is 1.32 bits per heavy atom. The molecule has 0 saturated carbocycles. The number of para-hydroxylation sites is 3. The van der Waals surface area contributed by atoms with Crippen molar-refractivity contribution in [1.29, 1.82) is 0 Å². The summed E-state index contributed by atoms with van der Waals surface area (Å²) in [4.78, 5) is 8.95. The Hall–Kier alpha value is -2.66. The van der Waals surface area contributed by atoms with Gasteiger partial charge in [-0.25, -0.2) is 15.8 Å². The van der Waals surface area contributed by atoms with E-state index in [2.05, 4.69) is 20.7 Å². The molecule has 0 unspecified atom stereocenters. The van der Waals surface area contributed by atoms with Crippen molar-refractivity contribution in [2.75, 3.05) is 10.7 Å². The van der Waals surface area contributed by atoms with Gasteiger partial charge in [-0.2, -0.15) is 0 Å². The molecule has 2 aromatic carbocycles. The lowest BCUT2D eigenvalue weighted by atomic mass is 10.3. The van der Waals surface area contributed by atoms with Crippen molar-refractivity contribution in [3.63, 3.8) is 0 Å². The normalized spacial score (nSPS) is 10.4. The molecular formula is C14H13N5. The fraction of sp³-hybridized carbons (Fsp3) is 0. The number of rotatable bonds is 3. The van der Waals surface area contributed by atoms with Crippen LogP contribution in [-0.2, 0) is 0 Å². The number of benzene rings is 2. The summed E-state index contributed by atoms with van der Waals surface area (Å²) in [6, 6.07) is 17.4. The van der Waals surface area contributed by atoms with E-state index < -0.39 is 0 Å². The van der Waals surface area contributed by atoms with E-state index in [1.807, 2.05) is 54.6 Å². The van der Waals surface area contributed by atoms with Crippen LogP contribution >= 0.6 is 0 Å². The van der Waals surface area contributed by atoms with Crippen molar-refractivity contribution in [2.45, 2.75) is 0 Å². The van der Waals surface area contributed by atoms with Crippen LogP contribution in [0, 0.1) is 0 Å². The molecule has 5 heteroatoms. The van der Waals surface area contributed by atoms with E-state index in [1.54, 1.807) is 0 Å². The standard InChI is InChI=1S/C14H13N5/c15-19-14-13(16-10-6-2-1-3-7-10)17-11-8-4-5-9-12(11)18-14/h1-9H,15H2,(H,16,17)(H,18,19). The molecule has 1 aromatic heterocycles. The van der Waals surface area contributed by atoms with E-state index in [9.17, 15) is 0 Å². The van der Waals surface area contributed by atoms with Crippen molar-refractivity contribution in [1.82, 2.24) is 9.97 Å². The fourth-order valence-electron chi connectivity index (χ4n) is 1.85. The number of hydrazine groups is 1. The second-order valence-electron chi connectivity index (χ2n) is 4.04. The number of aromatic nitrogens is 2. The lowest BCUT2D eigenvalue weighted by Crippen LogP contribution is -2.12. The summed E-state index contributed by atoms with van der Waals surface area (Å²) in [5.41, 5.74) is 5.13. The number of nitrogens with one attached hydrogen (secondary N) is 2. The van der Waals surface area contributed by atoms with Gasteiger partial charge in [-0.1, -0.05) is 30.3 Å². The van der Waals surface area contributed by atoms with E-state index in [0.29, 0.717) is 11.6 Å². The third kappa shape index (κ3) is 2.31. The summed E-state index contributed by atoms with van der Waals surface area (Å²) in [7, 11) is 0. The van der Waals surface area contributed by atoms with Crippen LogP contribution in [-0.4, -0.2) is 9.97 Å². The van der Waals surface area contributed by atoms with E-state index >= 15 is 0 Å². The van der Waals surface area contributed by atoms with Crippen molar-refractivity contribution in [3.05, 3.63) is 54.6 Å². The Morgan fingerprint density at radius 1 is 0.737 bits per heavy atom. The Morgan fingerprint density at radius 3 is 1.95 bits per heavy atom. The Labute approximate surface area is 110 Å². The first kappa shape index (κ1) is 11.4. The van der Waals surface area contributed by atoms with Crippen molar-refractivity contribution >= 4 is 28.4 Å². The average Bonchev–Trinajstić information content (AvgIpc) is 2.47. The van der Waals surface area contributed by atoms with Gasteiger partial charge in [-0.3, -0.25) is 0 Å². The van der Waals surface area contributed by atoms with Gasteiger partial charge in [0.25, 0.3) is 0 Å². The average molecular weight is 251 g/mol. The SMILES string of the molecule is NNc1nc2ccccc2nc1Nc1ccccc1. The highest BCUT2D eigenvalue weighted by Crippen LogP contribution is 2.23. The summed E-state index contributed by atoms with van der Waals surface area (Å²) in [6.45, 7) is 0. The van der Waals surface area contributed by atoms with Crippen molar-refractivity contribution in [3.8, 4) is 0 Å². The minimum atomic E-state index is 0.516. The summed E-state index contributed by atoms with van der Waals surface area (Å²) in [5, 5.41) is 3.20. The zero-order valence-corrected chi connectivity index (χ0v) is 10.2. The molecule has 0 bridgehead atoms. The van der Waals surface area contributed by atoms with Crippen LogP contribution in [0.25, 0.3) is 11.0 Å². The van der Waals surface area contributed by atoms with Gasteiger partial charge in [0, 0.05) is 5.69 Å². The number of nitrogen functional groups attached to an aromatic ring is 1. The first-order valence-corrected chi connectivity index (χ1v) is 5.92. The van der Waals surface area contributed by atoms with Gasteiger partial charge in [0.05, 0.1) is 11.0 Å². The van der Waals surface area contributed by atoms with Gasteiger partial charge >= 0.3 is 0 Å². The topological polar surface area (TPSA) is 75.9 Å². The highest BCUT2D eigenvalue weighted by Gasteiger charge is 2.07. The summed E-state index contributed by atoms with van der Waals surface area (Å²) < 4.78 is 0. The minimum Gasteiger partial charge on any atom is -0.337 e. The second-order valence-corrected chi connectivity index (χ2v) is 4.04. The van der Waals surface area contributed by atoms with Gasteiger partial charge in [-0.15, -0.1) is 0 Å². The smallest absolute Gasteiger partial charge is 0.184 e. The molecule has 3 aromatic rings. The minimum absolute atomic E-state index is 0.516. The molecule has 0 aliphatic heterocycles. The first-order valence-electron chi connectivity index (χ1n) is 5.92. The predicted octanol–water partition coefficient (Wildman–Crippen LogP) is 2.66. The van der Waals surface area contributed by atoms with Crippen LogP contribution in [0.1, 0.15) is 0 Å². The maximum absolute atomic E-state index is 5.50. The molecule has 0 atom stereocenters. The van der Waals surface area contributed by atoms with Crippen LogP contribution in [0.4, 0.5) is 17.3 Å². The third-order valence-electron chi connectivity index (χ3n) is 2.74. The molecule has 0 amide bonds. The fourth-order valence-corrected chi connectivity index (χ4v) is 1.85. The van der Waals surface area contributed by atoms with Gasteiger partial charge in [0.2, 0.25) is 0 Å². The van der Waals surface area contributed by atoms with Gasteiger partial charge in [0.15, 0.2) is 11.6 Å². The van der Waals surface area contributed by atoms with Crippen molar-refractivity contribution < 1.29 is 0 Å². The molecule has 0 saturated heterocycles. The number of hydrogen-bond donors (Lipinski definition) is 3. The summed E-state index contributed by atoms with van der Waals surface area (Å²) in [5.74, 6) is 6.62. The van der Waals surface area contributed by atoms with Crippen LogP contribution in [0.15, 0.2) is 54.6 Å². The molecule has 0 spiro atoms. The Balaban J connectivity index is 2.06. The number of nitrogens with zero attached hydrogens (tertiary/aromatic N) is 2. The number of nitrogens with two attached hydrogens (primary N) is 1. The highest BCUT2D eigenvalue weighted by atomic mass is 15.3. The van der Waals surface area contributed by atoms with Crippen LogP contribution in [0.2, 0.25) is 0 Å². The lowest BCUT2D eigenvalue weighted by molar-refractivity contribution is 1.21. The van der Waals surface area contributed by atoms with Crippen LogP contribution < -0.4 is 16.6 Å². The molecule has 0 radical (unpaired) electrons. The van der Waals surface area contributed by atoms with E-state index in [-0.39, 0.29) is 0 Å². The van der Waals surface area contributed by atoms with Crippen molar-refractivity contribution in [2.24, 2.45) is 5.84 Å². The monoisotopic (exact) mass is 251 g/mol. The molecule has 0 aliphatic rings.